The number of anilines is 1. The van der Waals surface area contributed by atoms with Crippen LogP contribution in [0.4, 0.5) is 5.69 Å². The average molecular weight is 406 g/mol. The van der Waals surface area contributed by atoms with E-state index in [1.807, 2.05) is 31.2 Å². The van der Waals surface area contributed by atoms with Gasteiger partial charge in [0.05, 0.1) is 12.1 Å². The zero-order valence-electron chi connectivity index (χ0n) is 17.1. The lowest BCUT2D eigenvalue weighted by Gasteiger charge is -2.37. The van der Waals surface area contributed by atoms with Crippen molar-refractivity contribution in [1.29, 1.82) is 0 Å². The van der Waals surface area contributed by atoms with E-state index in [0.29, 0.717) is 6.04 Å². The molecular formula is C24H27N3OS. The molecule has 0 aliphatic carbocycles. The molecule has 1 atom stereocenters. The van der Waals surface area contributed by atoms with Gasteiger partial charge in [-0.15, -0.1) is 11.3 Å². The summed E-state index contributed by atoms with van der Waals surface area (Å²) in [5, 5.41) is 8.60. The maximum Gasteiger partial charge on any atom is 0.252 e. The van der Waals surface area contributed by atoms with Gasteiger partial charge >= 0.3 is 0 Å². The number of hydrogen-bond acceptors (Lipinski definition) is 4. The van der Waals surface area contributed by atoms with Crippen LogP contribution in [0.25, 0.3) is 10.4 Å². The summed E-state index contributed by atoms with van der Waals surface area (Å²) in [5.41, 5.74) is 5.12. The van der Waals surface area contributed by atoms with Crippen molar-refractivity contribution in [2.75, 3.05) is 25.0 Å². The number of carbonyl (C=O) groups is 1. The molecule has 0 spiro atoms. The summed E-state index contributed by atoms with van der Waals surface area (Å²) in [6.07, 6.45) is 0. The standard InChI is InChI=1S/C24H27N3OS/c1-16-10-11-18(27(3)19-14-25-15-19)13-22(16)24(28)26-17(2)20-7-4-5-8-21(20)23-9-6-12-29-23/h4-13,17,19,25H,14-15H2,1-3H3,(H,26,28). The molecule has 1 aliphatic heterocycles. The molecule has 1 aliphatic rings. The van der Waals surface area contributed by atoms with E-state index in [2.05, 4.69) is 65.2 Å². The average Bonchev–Trinajstić information content (AvgIpc) is 3.21. The molecule has 2 heterocycles. The Morgan fingerprint density at radius 2 is 1.97 bits per heavy atom. The van der Waals surface area contributed by atoms with E-state index >= 15 is 0 Å². The zero-order valence-corrected chi connectivity index (χ0v) is 17.9. The third kappa shape index (κ3) is 4.07. The quantitative estimate of drug-likeness (QED) is 0.629. The molecule has 1 amide bonds. The second kappa shape index (κ2) is 8.39. The molecule has 2 N–H and O–H groups in total. The molecule has 1 saturated heterocycles. The summed E-state index contributed by atoms with van der Waals surface area (Å²) in [5.74, 6) is -0.0297. The summed E-state index contributed by atoms with van der Waals surface area (Å²) in [6, 6.07) is 19.0. The monoisotopic (exact) mass is 405 g/mol. The molecule has 1 unspecified atom stereocenters. The van der Waals surface area contributed by atoms with E-state index < -0.39 is 0 Å². The first-order chi connectivity index (χ1) is 14.0. The van der Waals surface area contributed by atoms with Crippen molar-refractivity contribution in [3.63, 3.8) is 0 Å². The van der Waals surface area contributed by atoms with E-state index in [1.165, 1.54) is 10.4 Å². The first-order valence-electron chi connectivity index (χ1n) is 10.0. The topological polar surface area (TPSA) is 44.4 Å². The predicted octanol–water partition coefficient (Wildman–Crippen LogP) is 4.62. The molecule has 3 aromatic rings. The van der Waals surface area contributed by atoms with E-state index in [4.69, 9.17) is 0 Å². The molecule has 4 nitrogen and oxygen atoms in total. The number of aryl methyl sites for hydroxylation is 1. The van der Waals surface area contributed by atoms with E-state index in [1.54, 1.807) is 11.3 Å². The van der Waals surface area contributed by atoms with Gasteiger partial charge in [0.25, 0.3) is 5.91 Å². The number of hydrogen-bond donors (Lipinski definition) is 2. The molecule has 0 radical (unpaired) electrons. The van der Waals surface area contributed by atoms with Crippen molar-refractivity contribution >= 4 is 22.9 Å². The van der Waals surface area contributed by atoms with Gasteiger partial charge in [-0.25, -0.2) is 0 Å². The second-order valence-electron chi connectivity index (χ2n) is 7.68. The largest absolute Gasteiger partial charge is 0.369 e. The molecule has 2 aromatic carbocycles. The minimum atomic E-state index is -0.0857. The van der Waals surface area contributed by atoms with Crippen LogP contribution in [-0.4, -0.2) is 32.1 Å². The highest BCUT2D eigenvalue weighted by atomic mass is 32.1. The van der Waals surface area contributed by atoms with Crippen LogP contribution in [-0.2, 0) is 0 Å². The van der Waals surface area contributed by atoms with Crippen LogP contribution in [0.1, 0.15) is 34.5 Å². The van der Waals surface area contributed by atoms with Crippen molar-refractivity contribution in [2.45, 2.75) is 25.9 Å². The SMILES string of the molecule is Cc1ccc(N(C)C2CNC2)cc1C(=O)NC(C)c1ccccc1-c1cccs1. The number of nitrogens with zero attached hydrogens (tertiary/aromatic N) is 1. The molecule has 1 fully saturated rings. The second-order valence-corrected chi connectivity index (χ2v) is 8.63. The van der Waals surface area contributed by atoms with E-state index in [0.717, 1.165) is 35.5 Å². The number of thiophene rings is 1. The van der Waals surface area contributed by atoms with Crippen molar-refractivity contribution in [2.24, 2.45) is 0 Å². The van der Waals surface area contributed by atoms with Gasteiger partial charge in [0.15, 0.2) is 0 Å². The van der Waals surface area contributed by atoms with Gasteiger partial charge in [0, 0.05) is 36.3 Å². The Hall–Kier alpha value is -2.63. The fraction of sp³-hybridized carbons (Fsp3) is 0.292. The third-order valence-corrected chi connectivity index (χ3v) is 6.65. The maximum absolute atomic E-state index is 13.1. The summed E-state index contributed by atoms with van der Waals surface area (Å²) in [6.45, 7) is 6.02. The summed E-state index contributed by atoms with van der Waals surface area (Å²) in [7, 11) is 2.09. The van der Waals surface area contributed by atoms with Crippen LogP contribution >= 0.6 is 11.3 Å². The van der Waals surface area contributed by atoms with Crippen LogP contribution in [0.3, 0.4) is 0 Å². The third-order valence-electron chi connectivity index (χ3n) is 5.74. The Morgan fingerprint density at radius 1 is 1.17 bits per heavy atom. The van der Waals surface area contributed by atoms with Crippen LogP contribution in [0.2, 0.25) is 0 Å². The van der Waals surface area contributed by atoms with Crippen molar-refractivity contribution in [3.05, 3.63) is 76.7 Å². The molecule has 4 rings (SSSR count). The van der Waals surface area contributed by atoms with Gasteiger partial charge in [-0.3, -0.25) is 4.79 Å². The highest BCUT2D eigenvalue weighted by Gasteiger charge is 2.23. The van der Waals surface area contributed by atoms with Crippen molar-refractivity contribution < 1.29 is 4.79 Å². The van der Waals surface area contributed by atoms with Crippen LogP contribution < -0.4 is 15.5 Å². The molecule has 29 heavy (non-hydrogen) atoms. The Kier molecular flexibility index (Phi) is 5.69. The highest BCUT2D eigenvalue weighted by Crippen LogP contribution is 2.31. The van der Waals surface area contributed by atoms with Crippen LogP contribution in [0, 0.1) is 6.92 Å². The molecular weight excluding hydrogens is 378 g/mol. The lowest BCUT2D eigenvalue weighted by molar-refractivity contribution is 0.0939. The summed E-state index contributed by atoms with van der Waals surface area (Å²) < 4.78 is 0. The molecule has 150 valence electrons. The highest BCUT2D eigenvalue weighted by molar-refractivity contribution is 7.13. The maximum atomic E-state index is 13.1. The van der Waals surface area contributed by atoms with E-state index in [-0.39, 0.29) is 11.9 Å². The van der Waals surface area contributed by atoms with Crippen LogP contribution in [0.15, 0.2) is 60.0 Å². The fourth-order valence-electron chi connectivity index (χ4n) is 3.72. The fourth-order valence-corrected chi connectivity index (χ4v) is 4.49. The number of amides is 1. The summed E-state index contributed by atoms with van der Waals surface area (Å²) in [4.78, 5) is 16.6. The first kappa shape index (κ1) is 19.7. The van der Waals surface area contributed by atoms with Crippen LogP contribution in [0.5, 0.6) is 0 Å². The van der Waals surface area contributed by atoms with E-state index in [9.17, 15) is 4.79 Å². The van der Waals surface area contributed by atoms with Gasteiger partial charge in [-0.1, -0.05) is 36.4 Å². The van der Waals surface area contributed by atoms with Gasteiger partial charge in [-0.2, -0.15) is 0 Å². The Labute approximate surface area is 176 Å². The number of nitrogens with one attached hydrogen (secondary N) is 2. The lowest BCUT2D eigenvalue weighted by Crippen LogP contribution is -2.56. The lowest BCUT2D eigenvalue weighted by atomic mass is 9.99. The normalized spacial score (nSPS) is 14.9. The molecule has 1 aromatic heterocycles. The predicted molar refractivity (Wildman–Crippen MR) is 122 cm³/mol. The first-order valence-corrected chi connectivity index (χ1v) is 10.9. The zero-order chi connectivity index (χ0) is 20.4. The smallest absolute Gasteiger partial charge is 0.252 e. The number of carbonyl (C=O) groups excluding carboxylic acids is 1. The Bertz CT molecular complexity index is 995. The molecule has 0 bridgehead atoms. The molecule has 5 heteroatoms. The minimum absolute atomic E-state index is 0.0297. The van der Waals surface area contributed by atoms with Gasteiger partial charge in [0.1, 0.15) is 0 Å². The Morgan fingerprint density at radius 3 is 2.66 bits per heavy atom. The van der Waals surface area contributed by atoms with Gasteiger partial charge in [-0.05, 0) is 54.1 Å². The van der Waals surface area contributed by atoms with Crippen molar-refractivity contribution in [3.8, 4) is 10.4 Å². The minimum Gasteiger partial charge on any atom is -0.369 e. The number of likely N-dealkylation sites (N-methyl/N-ethyl adjacent to an activating group) is 1. The Balaban J connectivity index is 1.55. The number of benzene rings is 2. The van der Waals surface area contributed by atoms with Gasteiger partial charge < -0.3 is 15.5 Å². The number of rotatable bonds is 6. The summed E-state index contributed by atoms with van der Waals surface area (Å²) >= 11 is 1.72. The van der Waals surface area contributed by atoms with Gasteiger partial charge in [0.2, 0.25) is 0 Å². The van der Waals surface area contributed by atoms with Crippen molar-refractivity contribution in [1.82, 2.24) is 10.6 Å². The molecule has 0 saturated carbocycles.